The lowest BCUT2D eigenvalue weighted by Gasteiger charge is -2.36. The zero-order valence-electron chi connectivity index (χ0n) is 8.00. The van der Waals surface area contributed by atoms with Crippen molar-refractivity contribution in [3.8, 4) is 0 Å². The Morgan fingerprint density at radius 1 is 1.58 bits per heavy atom. The van der Waals surface area contributed by atoms with Gasteiger partial charge in [-0.15, -0.1) is 0 Å². The van der Waals surface area contributed by atoms with Gasteiger partial charge in [-0.1, -0.05) is 0 Å². The number of hydrogen-bond acceptors (Lipinski definition) is 2. The number of aliphatic hydroxyl groups is 1. The van der Waals surface area contributed by atoms with Crippen LogP contribution in [0.5, 0.6) is 0 Å². The summed E-state index contributed by atoms with van der Waals surface area (Å²) in [5.41, 5.74) is 4.82. The van der Waals surface area contributed by atoms with E-state index >= 15 is 0 Å². The van der Waals surface area contributed by atoms with Crippen LogP contribution in [0, 0.1) is 0 Å². The minimum Gasteiger partial charge on any atom is -0.396 e. The summed E-state index contributed by atoms with van der Waals surface area (Å²) in [6.45, 7) is 6.28. The van der Waals surface area contributed by atoms with Crippen LogP contribution in [0.4, 0.5) is 4.79 Å². The van der Waals surface area contributed by atoms with Gasteiger partial charge in [0.25, 0.3) is 0 Å². The molecule has 0 aromatic carbocycles. The maximum Gasteiger partial charge on any atom is 0.315 e. The van der Waals surface area contributed by atoms with Gasteiger partial charge >= 0.3 is 6.03 Å². The molecule has 0 aromatic heterocycles. The molecular formula is C8H18N2O2. The SMILES string of the molecule is CCN(C(N)=O)C(C)(C)CCO. The topological polar surface area (TPSA) is 66.6 Å². The number of amides is 2. The van der Waals surface area contributed by atoms with E-state index in [1.165, 1.54) is 0 Å². The molecule has 0 radical (unpaired) electrons. The monoisotopic (exact) mass is 174 g/mol. The first-order chi connectivity index (χ1) is 5.45. The molecule has 0 saturated carbocycles. The molecule has 4 heteroatoms. The molecule has 0 rings (SSSR count). The summed E-state index contributed by atoms with van der Waals surface area (Å²) in [6.07, 6.45) is 0.545. The lowest BCUT2D eigenvalue weighted by Crippen LogP contribution is -2.50. The van der Waals surface area contributed by atoms with Gasteiger partial charge in [0.1, 0.15) is 0 Å². The van der Waals surface area contributed by atoms with Crippen LogP contribution in [-0.4, -0.2) is 34.7 Å². The number of hydrogen-bond donors (Lipinski definition) is 2. The number of nitrogens with two attached hydrogens (primary N) is 1. The zero-order valence-corrected chi connectivity index (χ0v) is 8.00. The van der Waals surface area contributed by atoms with Crippen molar-refractivity contribution in [3.05, 3.63) is 0 Å². The quantitative estimate of drug-likeness (QED) is 0.653. The molecule has 0 saturated heterocycles. The van der Waals surface area contributed by atoms with E-state index in [4.69, 9.17) is 10.8 Å². The van der Waals surface area contributed by atoms with E-state index in [9.17, 15) is 4.79 Å². The smallest absolute Gasteiger partial charge is 0.315 e. The molecule has 0 fully saturated rings. The number of carbonyl (C=O) groups excluding carboxylic acids is 1. The third kappa shape index (κ3) is 2.70. The lowest BCUT2D eigenvalue weighted by molar-refractivity contribution is 0.120. The van der Waals surface area contributed by atoms with Crippen molar-refractivity contribution in [3.63, 3.8) is 0 Å². The second kappa shape index (κ2) is 4.30. The summed E-state index contributed by atoms with van der Waals surface area (Å²) in [5.74, 6) is 0. The van der Waals surface area contributed by atoms with Gasteiger partial charge in [-0.05, 0) is 27.2 Å². The highest BCUT2D eigenvalue weighted by atomic mass is 16.3. The van der Waals surface area contributed by atoms with E-state index in [0.29, 0.717) is 13.0 Å². The molecule has 3 N–H and O–H groups in total. The second-order valence-corrected chi connectivity index (χ2v) is 3.37. The number of urea groups is 1. The van der Waals surface area contributed by atoms with Crippen LogP contribution in [0.15, 0.2) is 0 Å². The second-order valence-electron chi connectivity index (χ2n) is 3.37. The van der Waals surface area contributed by atoms with E-state index in [2.05, 4.69) is 0 Å². The van der Waals surface area contributed by atoms with Crippen LogP contribution in [0.2, 0.25) is 0 Å². The van der Waals surface area contributed by atoms with Crippen molar-refractivity contribution in [1.82, 2.24) is 4.90 Å². The molecule has 0 aliphatic heterocycles. The Hall–Kier alpha value is -0.770. The summed E-state index contributed by atoms with van der Waals surface area (Å²) in [7, 11) is 0. The Labute approximate surface area is 73.3 Å². The van der Waals surface area contributed by atoms with Gasteiger partial charge in [0.05, 0.1) is 0 Å². The molecular weight excluding hydrogens is 156 g/mol. The average molecular weight is 174 g/mol. The maximum atomic E-state index is 10.9. The highest BCUT2D eigenvalue weighted by Gasteiger charge is 2.27. The molecule has 72 valence electrons. The van der Waals surface area contributed by atoms with Crippen molar-refractivity contribution in [2.75, 3.05) is 13.2 Å². The largest absolute Gasteiger partial charge is 0.396 e. The van der Waals surface area contributed by atoms with Gasteiger partial charge in [0, 0.05) is 18.7 Å². The average Bonchev–Trinajstić information content (AvgIpc) is 1.86. The first-order valence-corrected chi connectivity index (χ1v) is 4.13. The van der Waals surface area contributed by atoms with Gasteiger partial charge < -0.3 is 15.7 Å². The minimum atomic E-state index is -0.434. The predicted octanol–water partition coefficient (Wildman–Crippen LogP) is 0.548. The number of aliphatic hydroxyl groups excluding tert-OH is 1. The minimum absolute atomic E-state index is 0.0663. The van der Waals surface area contributed by atoms with Gasteiger partial charge in [-0.2, -0.15) is 0 Å². The van der Waals surface area contributed by atoms with E-state index in [1.807, 2.05) is 20.8 Å². The fraction of sp³-hybridized carbons (Fsp3) is 0.875. The Bertz CT molecular complexity index is 157. The van der Waals surface area contributed by atoms with Crippen molar-refractivity contribution in [1.29, 1.82) is 0 Å². The molecule has 0 aliphatic rings. The summed E-state index contributed by atoms with van der Waals surface area (Å²) < 4.78 is 0. The highest BCUT2D eigenvalue weighted by Crippen LogP contribution is 2.17. The van der Waals surface area contributed by atoms with Crippen LogP contribution in [0.25, 0.3) is 0 Å². The molecule has 0 aromatic rings. The van der Waals surface area contributed by atoms with E-state index < -0.39 is 6.03 Å². The number of primary amides is 1. The van der Waals surface area contributed by atoms with E-state index in [0.717, 1.165) is 0 Å². The molecule has 0 bridgehead atoms. The molecule has 0 atom stereocenters. The van der Waals surface area contributed by atoms with E-state index in [-0.39, 0.29) is 12.1 Å². The highest BCUT2D eigenvalue weighted by molar-refractivity contribution is 5.72. The van der Waals surface area contributed by atoms with Crippen molar-refractivity contribution in [2.45, 2.75) is 32.7 Å². The molecule has 12 heavy (non-hydrogen) atoms. The van der Waals surface area contributed by atoms with Crippen molar-refractivity contribution >= 4 is 6.03 Å². The Morgan fingerprint density at radius 2 is 2.08 bits per heavy atom. The van der Waals surface area contributed by atoms with Gasteiger partial charge in [-0.25, -0.2) is 4.79 Å². The maximum absolute atomic E-state index is 10.9. The zero-order chi connectivity index (χ0) is 9.78. The van der Waals surface area contributed by atoms with Crippen molar-refractivity contribution < 1.29 is 9.90 Å². The fourth-order valence-electron chi connectivity index (χ4n) is 1.29. The molecule has 4 nitrogen and oxygen atoms in total. The number of rotatable bonds is 4. The normalized spacial score (nSPS) is 11.3. The first-order valence-electron chi connectivity index (χ1n) is 4.13. The summed E-state index contributed by atoms with van der Waals surface area (Å²) in [4.78, 5) is 12.5. The molecule has 0 spiro atoms. The van der Waals surface area contributed by atoms with Crippen LogP contribution < -0.4 is 5.73 Å². The van der Waals surface area contributed by atoms with Gasteiger partial charge in [-0.3, -0.25) is 0 Å². The third-order valence-electron chi connectivity index (χ3n) is 2.04. The number of carbonyl (C=O) groups is 1. The van der Waals surface area contributed by atoms with Gasteiger partial charge in [0.15, 0.2) is 0 Å². The predicted molar refractivity (Wildman–Crippen MR) is 47.7 cm³/mol. The molecule has 0 heterocycles. The standard InChI is InChI=1S/C8H18N2O2/c1-4-10(7(9)12)8(2,3)5-6-11/h11H,4-6H2,1-3H3,(H2,9,12). The molecule has 2 amide bonds. The van der Waals surface area contributed by atoms with Crippen LogP contribution in [0.3, 0.4) is 0 Å². The van der Waals surface area contributed by atoms with Crippen LogP contribution in [0.1, 0.15) is 27.2 Å². The Balaban J connectivity index is 4.36. The Morgan fingerprint density at radius 3 is 2.33 bits per heavy atom. The van der Waals surface area contributed by atoms with Gasteiger partial charge in [0.2, 0.25) is 0 Å². The van der Waals surface area contributed by atoms with Crippen molar-refractivity contribution in [2.24, 2.45) is 5.73 Å². The summed E-state index contributed by atoms with van der Waals surface area (Å²) in [6, 6.07) is -0.434. The van der Waals surface area contributed by atoms with Crippen LogP contribution >= 0.6 is 0 Å². The first kappa shape index (κ1) is 11.2. The third-order valence-corrected chi connectivity index (χ3v) is 2.04. The summed E-state index contributed by atoms with van der Waals surface area (Å²) in [5, 5.41) is 8.75. The summed E-state index contributed by atoms with van der Waals surface area (Å²) >= 11 is 0. The number of nitrogens with zero attached hydrogens (tertiary/aromatic N) is 1. The molecule has 0 unspecified atom stereocenters. The van der Waals surface area contributed by atoms with Crippen LogP contribution in [-0.2, 0) is 0 Å². The Kier molecular flexibility index (Phi) is 4.03. The molecule has 0 aliphatic carbocycles. The van der Waals surface area contributed by atoms with E-state index in [1.54, 1.807) is 4.90 Å². The fourth-order valence-corrected chi connectivity index (χ4v) is 1.29. The lowest BCUT2D eigenvalue weighted by atomic mass is 9.99.